The minimum Gasteiger partial charge on any atom is -0.461 e. The summed E-state index contributed by atoms with van der Waals surface area (Å²) < 4.78 is 20.9. The van der Waals surface area contributed by atoms with E-state index in [2.05, 4.69) is 63.3 Å². The molecule has 2 bridgehead atoms. The number of anilines is 2. The van der Waals surface area contributed by atoms with Gasteiger partial charge in [0, 0.05) is 61.3 Å². The molecule has 5 aliphatic heterocycles. The van der Waals surface area contributed by atoms with E-state index < -0.39 is 6.17 Å². The summed E-state index contributed by atoms with van der Waals surface area (Å²) in [4.78, 5) is 17.5. The molecule has 3 aromatic rings. The molecular weight excluding hydrogens is 515 g/mol. The van der Waals surface area contributed by atoms with Crippen molar-refractivity contribution in [1.29, 1.82) is 0 Å². The van der Waals surface area contributed by atoms with Crippen molar-refractivity contribution in [1.82, 2.24) is 20.2 Å². The van der Waals surface area contributed by atoms with Crippen molar-refractivity contribution in [2.24, 2.45) is 0 Å². The highest BCUT2D eigenvalue weighted by Crippen LogP contribution is 2.41. The van der Waals surface area contributed by atoms with Crippen LogP contribution in [-0.4, -0.2) is 78.0 Å². The zero-order valence-corrected chi connectivity index (χ0v) is 24.1. The highest BCUT2D eigenvalue weighted by molar-refractivity contribution is 5.97. The Labute approximate surface area is 242 Å². The van der Waals surface area contributed by atoms with Crippen molar-refractivity contribution in [2.75, 3.05) is 49.1 Å². The van der Waals surface area contributed by atoms with Crippen LogP contribution in [0.5, 0.6) is 6.01 Å². The Hall–Kier alpha value is -2.97. The molecule has 0 saturated carbocycles. The van der Waals surface area contributed by atoms with Crippen molar-refractivity contribution in [3.05, 3.63) is 53.2 Å². The lowest BCUT2D eigenvalue weighted by molar-refractivity contribution is 0.107. The van der Waals surface area contributed by atoms with Crippen molar-refractivity contribution in [3.63, 3.8) is 0 Å². The molecule has 0 unspecified atom stereocenters. The van der Waals surface area contributed by atoms with Gasteiger partial charge in [-0.1, -0.05) is 37.3 Å². The van der Waals surface area contributed by atoms with E-state index in [1.807, 2.05) is 0 Å². The molecule has 1 N–H and O–H groups in total. The van der Waals surface area contributed by atoms with Crippen LogP contribution >= 0.6 is 0 Å². The minimum absolute atomic E-state index is 0.210. The van der Waals surface area contributed by atoms with E-state index in [9.17, 15) is 4.39 Å². The van der Waals surface area contributed by atoms with Gasteiger partial charge in [-0.25, -0.2) is 4.39 Å². The predicted molar refractivity (Wildman–Crippen MR) is 161 cm³/mol. The third kappa shape index (κ3) is 4.45. The molecule has 4 atom stereocenters. The van der Waals surface area contributed by atoms with Crippen LogP contribution in [0, 0.1) is 0 Å². The average Bonchev–Trinajstić information content (AvgIpc) is 3.64. The molecule has 216 valence electrons. The molecule has 5 aliphatic rings. The Bertz CT molecular complexity index is 1450. The largest absolute Gasteiger partial charge is 0.461 e. The first-order valence-electron chi connectivity index (χ1n) is 15.8. The Morgan fingerprint density at radius 3 is 2.68 bits per heavy atom. The number of hydrogen-bond donors (Lipinski definition) is 1. The zero-order chi connectivity index (χ0) is 27.6. The lowest BCUT2D eigenvalue weighted by Crippen LogP contribution is -2.52. The first-order chi connectivity index (χ1) is 20.1. The molecule has 4 saturated heterocycles. The summed E-state index contributed by atoms with van der Waals surface area (Å²) >= 11 is 0. The summed E-state index contributed by atoms with van der Waals surface area (Å²) in [6, 6.07) is 14.8. The first kappa shape index (κ1) is 25.7. The number of halogens is 1. The van der Waals surface area contributed by atoms with Crippen LogP contribution in [0.2, 0.25) is 0 Å². The van der Waals surface area contributed by atoms with Crippen LogP contribution in [0.3, 0.4) is 0 Å². The SMILES string of the molecule is CCc1cccc2cccc(N3CCc4c(nc(OC[C@@]56CCCN5C[C@H](F)C6)nc4N4C[C@H]5CC[C@@H](C4)N5)C3)c12. The van der Waals surface area contributed by atoms with Crippen LogP contribution in [0.15, 0.2) is 36.4 Å². The molecule has 0 aliphatic carbocycles. The Balaban J connectivity index is 1.14. The van der Waals surface area contributed by atoms with E-state index >= 15 is 0 Å². The van der Waals surface area contributed by atoms with Gasteiger partial charge in [-0.2, -0.15) is 9.97 Å². The van der Waals surface area contributed by atoms with Crippen molar-refractivity contribution >= 4 is 22.3 Å². The number of aryl methyl sites for hydroxylation is 1. The first-order valence-corrected chi connectivity index (χ1v) is 15.8. The molecule has 7 nitrogen and oxygen atoms in total. The van der Waals surface area contributed by atoms with Crippen LogP contribution in [-0.2, 0) is 19.4 Å². The number of nitrogens with one attached hydrogen (secondary N) is 1. The van der Waals surface area contributed by atoms with Gasteiger partial charge >= 0.3 is 6.01 Å². The molecule has 6 heterocycles. The lowest BCUT2D eigenvalue weighted by Gasteiger charge is -2.38. The number of fused-ring (bicyclic) bond motifs is 5. The van der Waals surface area contributed by atoms with Crippen molar-refractivity contribution in [3.8, 4) is 6.01 Å². The van der Waals surface area contributed by atoms with E-state index in [4.69, 9.17) is 14.7 Å². The number of hydrogen-bond acceptors (Lipinski definition) is 7. The predicted octanol–water partition coefficient (Wildman–Crippen LogP) is 4.65. The fourth-order valence-electron chi connectivity index (χ4n) is 8.49. The molecule has 8 rings (SSSR count). The third-order valence-electron chi connectivity index (χ3n) is 10.5. The Morgan fingerprint density at radius 2 is 1.85 bits per heavy atom. The average molecular weight is 557 g/mol. The molecule has 1 aromatic heterocycles. The minimum atomic E-state index is -0.766. The molecule has 2 aromatic carbocycles. The van der Waals surface area contributed by atoms with Gasteiger partial charge in [-0.3, -0.25) is 4.90 Å². The van der Waals surface area contributed by atoms with E-state index in [-0.39, 0.29) is 5.54 Å². The van der Waals surface area contributed by atoms with E-state index in [0.29, 0.717) is 37.7 Å². The second-order valence-electron chi connectivity index (χ2n) is 13.0. The number of benzene rings is 2. The maximum Gasteiger partial charge on any atom is 0.318 e. The van der Waals surface area contributed by atoms with Gasteiger partial charge in [0.25, 0.3) is 0 Å². The van der Waals surface area contributed by atoms with Gasteiger partial charge in [0.15, 0.2) is 0 Å². The topological polar surface area (TPSA) is 56.8 Å². The number of piperazine rings is 1. The van der Waals surface area contributed by atoms with Gasteiger partial charge in [0.05, 0.1) is 17.8 Å². The normalized spacial score (nSPS) is 29.3. The second-order valence-corrected chi connectivity index (χ2v) is 13.0. The summed E-state index contributed by atoms with van der Waals surface area (Å²) in [5.41, 5.74) is 4.81. The summed E-state index contributed by atoms with van der Waals surface area (Å²) in [6.45, 7) is 7.83. The maximum absolute atomic E-state index is 14.4. The molecule has 4 fully saturated rings. The fourth-order valence-corrected chi connectivity index (χ4v) is 8.49. The lowest BCUT2D eigenvalue weighted by atomic mass is 9.95. The van der Waals surface area contributed by atoms with E-state index in [0.717, 1.165) is 69.9 Å². The molecule has 0 spiro atoms. The molecule has 41 heavy (non-hydrogen) atoms. The number of alkyl halides is 1. The smallest absolute Gasteiger partial charge is 0.318 e. The van der Waals surface area contributed by atoms with Crippen LogP contribution < -0.4 is 19.9 Å². The standard InChI is InChI=1S/C33H41FN6O/c1-2-22-6-3-7-23-8-4-9-29(30(22)23)38-15-12-27-28(20-38)36-32(37-31(27)39-18-25-10-11-26(19-39)35-25)41-21-33-13-5-14-40(33)17-24(34)16-33/h3-4,6-9,24-26,35H,2,5,10-21H2,1H3/t24-,25-,26+,33+/m1/s1. The quantitative estimate of drug-likeness (QED) is 0.474. The van der Waals surface area contributed by atoms with Crippen LogP contribution in [0.25, 0.3) is 10.8 Å². The van der Waals surface area contributed by atoms with Crippen molar-refractivity contribution in [2.45, 2.75) is 82.2 Å². The maximum atomic E-state index is 14.4. The number of ether oxygens (including phenoxy) is 1. The van der Waals surface area contributed by atoms with Crippen molar-refractivity contribution < 1.29 is 9.13 Å². The summed E-state index contributed by atoms with van der Waals surface area (Å²) in [6.07, 6.45) is 6.27. The number of nitrogens with zero attached hydrogens (tertiary/aromatic N) is 5. The van der Waals surface area contributed by atoms with Gasteiger partial charge in [-0.05, 0) is 62.1 Å². The van der Waals surface area contributed by atoms with E-state index in [1.54, 1.807) is 0 Å². The second kappa shape index (κ2) is 10.1. The summed E-state index contributed by atoms with van der Waals surface area (Å²) in [5.74, 6) is 1.06. The third-order valence-corrected chi connectivity index (χ3v) is 10.5. The van der Waals surface area contributed by atoms with Crippen LogP contribution in [0.1, 0.15) is 55.8 Å². The van der Waals surface area contributed by atoms with Gasteiger partial charge in [-0.15, -0.1) is 0 Å². The monoisotopic (exact) mass is 556 g/mol. The van der Waals surface area contributed by atoms with E-state index in [1.165, 1.54) is 40.4 Å². The number of rotatable bonds is 6. The van der Waals surface area contributed by atoms with Gasteiger partial charge in [0.1, 0.15) is 18.6 Å². The Morgan fingerprint density at radius 1 is 1.02 bits per heavy atom. The molecule has 0 amide bonds. The summed E-state index contributed by atoms with van der Waals surface area (Å²) in [5, 5.41) is 6.41. The highest BCUT2D eigenvalue weighted by atomic mass is 19.1. The van der Waals surface area contributed by atoms with Gasteiger partial charge < -0.3 is 19.9 Å². The van der Waals surface area contributed by atoms with Gasteiger partial charge in [0.2, 0.25) is 0 Å². The molecular formula is C33H41FN6O. The highest BCUT2D eigenvalue weighted by Gasteiger charge is 2.49. The fraction of sp³-hybridized carbons (Fsp3) is 0.576. The molecule has 8 heteroatoms. The zero-order valence-electron chi connectivity index (χ0n) is 24.1. The summed E-state index contributed by atoms with van der Waals surface area (Å²) in [7, 11) is 0. The molecule has 0 radical (unpaired) electrons. The van der Waals surface area contributed by atoms with Crippen LogP contribution in [0.4, 0.5) is 15.9 Å². The number of aromatic nitrogens is 2. The Kier molecular flexibility index (Phi) is 6.33.